The quantitative estimate of drug-likeness (QED) is 0.434. The monoisotopic (exact) mass is 593 g/mol. The average Bonchev–Trinajstić information content (AvgIpc) is 3.40. The van der Waals surface area contributed by atoms with Gasteiger partial charge in [-0.1, -0.05) is 12.1 Å². The Labute approximate surface area is 210 Å². The third-order valence-electron chi connectivity index (χ3n) is 7.62. The maximum atomic E-state index is 13.8. The fourth-order valence-electron chi connectivity index (χ4n) is 6.24. The van der Waals surface area contributed by atoms with Gasteiger partial charge in [0, 0.05) is 22.1 Å². The van der Waals surface area contributed by atoms with Crippen molar-refractivity contribution in [1.82, 2.24) is 4.90 Å². The Morgan fingerprint density at radius 2 is 1.82 bits per heavy atom. The summed E-state index contributed by atoms with van der Waals surface area (Å²) < 4.78 is 44.0. The Bertz CT molecular complexity index is 1360. The van der Waals surface area contributed by atoms with Gasteiger partial charge in [-0.2, -0.15) is 8.42 Å². The number of benzene rings is 2. The molecule has 5 atom stereocenters. The summed E-state index contributed by atoms with van der Waals surface area (Å²) in [6, 6.07) is 10.6. The first-order chi connectivity index (χ1) is 16.2. The van der Waals surface area contributed by atoms with Crippen molar-refractivity contribution in [3.63, 3.8) is 0 Å². The van der Waals surface area contributed by atoms with Crippen LogP contribution in [0.4, 0.5) is 10.1 Å². The van der Waals surface area contributed by atoms with Crippen molar-refractivity contribution >= 4 is 55.8 Å². The molecule has 10 heteroatoms. The van der Waals surface area contributed by atoms with Crippen LogP contribution in [-0.4, -0.2) is 36.9 Å². The molecule has 2 aliphatic heterocycles. The standard InChI is InChI=1S/C24H21FIN3O4S/c25-15-5-1-12(2-6-15)11-29-21-14-4-3-13(9-14)19(21)22(30)20(24(29)31)23-27-17-8-7-16(26)10-18(17)34(32,33)28-23/h1-2,5-8,10,13-14,19-21H,3-4,9,11H2,(H,27,28)/t13-,14+,19-,20?,21-/m0/s1. The number of amides is 1. The van der Waals surface area contributed by atoms with Crippen LogP contribution in [0.1, 0.15) is 24.8 Å². The summed E-state index contributed by atoms with van der Waals surface area (Å²) in [6.07, 6.45) is 2.79. The third kappa shape index (κ3) is 3.40. The summed E-state index contributed by atoms with van der Waals surface area (Å²) >= 11 is 2.02. The summed E-state index contributed by atoms with van der Waals surface area (Å²) in [5.41, 5.74) is 1.07. The van der Waals surface area contributed by atoms with Crippen LogP contribution in [0.5, 0.6) is 0 Å². The molecular formula is C24H21FIN3O4S. The van der Waals surface area contributed by atoms with Crippen molar-refractivity contribution in [2.75, 3.05) is 5.32 Å². The number of halogens is 2. The van der Waals surface area contributed by atoms with E-state index in [1.54, 1.807) is 29.2 Å². The third-order valence-corrected chi connectivity index (χ3v) is 9.62. The SMILES string of the molecule is O=C1C(C2=NS(=O)(=O)c3cc(I)ccc3N2)C(=O)N(Cc2ccc(F)cc2)[C@H]2[C@@H]3CC[C@@H](C3)[C@H]12. The molecule has 34 heavy (non-hydrogen) atoms. The van der Waals surface area contributed by atoms with Crippen LogP contribution < -0.4 is 5.32 Å². The number of piperidine rings is 1. The van der Waals surface area contributed by atoms with Crippen LogP contribution in [0.2, 0.25) is 0 Å². The number of carbonyl (C=O) groups excluding carboxylic acids is 2. The maximum absolute atomic E-state index is 13.8. The molecule has 2 saturated carbocycles. The molecule has 2 aromatic rings. The van der Waals surface area contributed by atoms with E-state index in [4.69, 9.17) is 0 Å². The van der Waals surface area contributed by atoms with Gasteiger partial charge in [0.05, 0.1) is 5.69 Å². The minimum Gasteiger partial charge on any atom is -0.341 e. The number of hydrogen-bond donors (Lipinski definition) is 1. The molecule has 1 amide bonds. The molecule has 3 fully saturated rings. The molecule has 2 aromatic carbocycles. The molecule has 1 unspecified atom stereocenters. The van der Waals surface area contributed by atoms with E-state index in [1.165, 1.54) is 18.2 Å². The van der Waals surface area contributed by atoms with E-state index in [0.29, 0.717) is 5.69 Å². The van der Waals surface area contributed by atoms with E-state index in [2.05, 4.69) is 9.71 Å². The van der Waals surface area contributed by atoms with Gasteiger partial charge in [0.2, 0.25) is 5.91 Å². The molecule has 0 radical (unpaired) electrons. The normalized spacial score (nSPS) is 31.1. The van der Waals surface area contributed by atoms with Crippen molar-refractivity contribution in [3.05, 3.63) is 57.4 Å². The van der Waals surface area contributed by atoms with Crippen LogP contribution in [-0.2, 0) is 26.2 Å². The van der Waals surface area contributed by atoms with Gasteiger partial charge in [-0.25, -0.2) is 4.39 Å². The van der Waals surface area contributed by atoms with Crippen LogP contribution in [0.15, 0.2) is 51.8 Å². The van der Waals surface area contributed by atoms with Crippen molar-refractivity contribution in [2.45, 2.75) is 36.7 Å². The lowest BCUT2D eigenvalue weighted by molar-refractivity contribution is -0.153. The number of Topliss-reactive ketones (excluding diaryl/α,β-unsaturated/α-hetero) is 1. The number of nitrogens with zero attached hydrogens (tertiary/aromatic N) is 2. The summed E-state index contributed by atoms with van der Waals surface area (Å²) in [4.78, 5) is 29.3. The maximum Gasteiger partial charge on any atom is 0.286 e. The van der Waals surface area contributed by atoms with Crippen LogP contribution in [0, 0.1) is 33.1 Å². The van der Waals surface area contributed by atoms with E-state index in [-0.39, 0.29) is 52.7 Å². The Balaban J connectivity index is 1.41. The summed E-state index contributed by atoms with van der Waals surface area (Å²) in [5.74, 6) is -2.39. The first-order valence-corrected chi connectivity index (χ1v) is 13.7. The number of amidine groups is 1. The Kier molecular flexibility index (Phi) is 5.11. The molecule has 2 aliphatic carbocycles. The lowest BCUT2D eigenvalue weighted by Gasteiger charge is -2.45. The summed E-state index contributed by atoms with van der Waals surface area (Å²) in [6.45, 7) is 0.238. The first kappa shape index (κ1) is 22.1. The number of fused-ring (bicyclic) bond motifs is 6. The predicted molar refractivity (Wildman–Crippen MR) is 131 cm³/mol. The Morgan fingerprint density at radius 1 is 1.09 bits per heavy atom. The largest absolute Gasteiger partial charge is 0.341 e. The molecule has 1 N–H and O–H groups in total. The number of hydrogen-bond acceptors (Lipinski definition) is 5. The second-order valence-electron chi connectivity index (χ2n) is 9.49. The fraction of sp³-hybridized carbons (Fsp3) is 0.375. The second-order valence-corrected chi connectivity index (χ2v) is 12.3. The lowest BCUT2D eigenvalue weighted by Crippen LogP contribution is -2.61. The number of ketones is 1. The van der Waals surface area contributed by atoms with E-state index in [9.17, 15) is 22.4 Å². The first-order valence-electron chi connectivity index (χ1n) is 11.2. The van der Waals surface area contributed by atoms with Crippen molar-refractivity contribution in [3.8, 4) is 0 Å². The number of sulfonamides is 1. The molecule has 0 spiro atoms. The van der Waals surface area contributed by atoms with Gasteiger partial charge in [-0.3, -0.25) is 9.59 Å². The van der Waals surface area contributed by atoms with Crippen molar-refractivity contribution < 1.29 is 22.4 Å². The molecule has 6 rings (SSSR count). The molecule has 7 nitrogen and oxygen atoms in total. The van der Waals surface area contributed by atoms with Crippen LogP contribution in [0.3, 0.4) is 0 Å². The number of carbonyl (C=O) groups is 2. The van der Waals surface area contributed by atoms with Crippen molar-refractivity contribution in [1.29, 1.82) is 0 Å². The van der Waals surface area contributed by atoms with E-state index < -0.39 is 21.8 Å². The minimum absolute atomic E-state index is 0.0276. The number of anilines is 1. The number of likely N-dealkylation sites (tertiary alicyclic amines) is 1. The zero-order chi connectivity index (χ0) is 23.8. The van der Waals surface area contributed by atoms with Gasteiger partial charge < -0.3 is 10.2 Å². The van der Waals surface area contributed by atoms with Gasteiger partial charge in [0.15, 0.2) is 11.7 Å². The van der Waals surface area contributed by atoms with Crippen LogP contribution in [0.25, 0.3) is 0 Å². The van der Waals surface area contributed by atoms with Crippen LogP contribution >= 0.6 is 22.6 Å². The summed E-state index contributed by atoms with van der Waals surface area (Å²) in [7, 11) is -4.07. The predicted octanol–water partition coefficient (Wildman–Crippen LogP) is 3.59. The van der Waals surface area contributed by atoms with Gasteiger partial charge in [-0.05, 0) is 89.6 Å². The second kappa shape index (κ2) is 7.84. The van der Waals surface area contributed by atoms with Gasteiger partial charge in [0.25, 0.3) is 10.0 Å². The van der Waals surface area contributed by atoms with E-state index >= 15 is 0 Å². The highest BCUT2D eigenvalue weighted by molar-refractivity contribution is 14.1. The zero-order valence-corrected chi connectivity index (χ0v) is 20.9. The summed E-state index contributed by atoms with van der Waals surface area (Å²) in [5, 5.41) is 2.98. The molecule has 176 valence electrons. The molecule has 2 heterocycles. The molecule has 2 bridgehead atoms. The highest BCUT2D eigenvalue weighted by Gasteiger charge is 2.60. The lowest BCUT2D eigenvalue weighted by atomic mass is 9.73. The molecule has 4 aliphatic rings. The smallest absolute Gasteiger partial charge is 0.286 e. The number of rotatable bonds is 3. The van der Waals surface area contributed by atoms with Crippen molar-refractivity contribution in [2.24, 2.45) is 28.1 Å². The highest BCUT2D eigenvalue weighted by atomic mass is 127. The minimum atomic E-state index is -4.07. The van der Waals surface area contributed by atoms with Gasteiger partial charge >= 0.3 is 0 Å². The van der Waals surface area contributed by atoms with E-state index in [1.807, 2.05) is 22.6 Å². The zero-order valence-electron chi connectivity index (χ0n) is 17.9. The molecular weight excluding hydrogens is 572 g/mol. The van der Waals surface area contributed by atoms with E-state index in [0.717, 1.165) is 28.4 Å². The Hall–Kier alpha value is -2.34. The molecule has 1 saturated heterocycles. The Morgan fingerprint density at radius 3 is 2.59 bits per heavy atom. The van der Waals surface area contributed by atoms with Gasteiger partial charge in [-0.15, -0.1) is 4.40 Å². The molecule has 0 aromatic heterocycles. The highest BCUT2D eigenvalue weighted by Crippen LogP contribution is 2.54. The fourth-order valence-corrected chi connectivity index (χ4v) is 8.12. The average molecular weight is 593 g/mol. The van der Waals surface area contributed by atoms with Gasteiger partial charge in [0.1, 0.15) is 16.5 Å². The topological polar surface area (TPSA) is 95.9 Å². The number of nitrogens with one attached hydrogen (secondary N) is 1.